The number of thioether (sulfide) groups is 1. The molecule has 0 saturated carbocycles. The van der Waals surface area contributed by atoms with Gasteiger partial charge in [0.25, 0.3) is 0 Å². The summed E-state index contributed by atoms with van der Waals surface area (Å²) in [6, 6.07) is 4.07. The summed E-state index contributed by atoms with van der Waals surface area (Å²) in [5.41, 5.74) is 5.30. The Bertz CT molecular complexity index is 246. The minimum Gasteiger partial charge on any atom is -0.409 e. The standard InChI is InChI=1S/C7H10N2OS2/c8-6(9-10)3-5-12-7-2-1-4-11-7/h1-2,4,10H,3,5H2,(H2,8,9). The summed E-state index contributed by atoms with van der Waals surface area (Å²) in [5.74, 6) is 1.15. The second-order valence-corrected chi connectivity index (χ2v) is 4.46. The highest BCUT2D eigenvalue weighted by atomic mass is 32.2. The van der Waals surface area contributed by atoms with E-state index in [1.165, 1.54) is 4.21 Å². The number of rotatable bonds is 4. The highest BCUT2D eigenvalue weighted by Crippen LogP contribution is 2.23. The molecule has 66 valence electrons. The van der Waals surface area contributed by atoms with Crippen molar-refractivity contribution in [3.63, 3.8) is 0 Å². The van der Waals surface area contributed by atoms with Crippen LogP contribution in [0.4, 0.5) is 0 Å². The summed E-state index contributed by atoms with van der Waals surface area (Å²) in [5, 5.41) is 13.2. The molecule has 3 N–H and O–H groups in total. The first-order valence-electron chi connectivity index (χ1n) is 3.45. The zero-order valence-electron chi connectivity index (χ0n) is 6.43. The number of nitrogens with two attached hydrogens (primary N) is 1. The first kappa shape index (κ1) is 9.41. The Kier molecular flexibility index (Phi) is 3.96. The van der Waals surface area contributed by atoms with Gasteiger partial charge in [0.15, 0.2) is 0 Å². The third-order valence-corrected chi connectivity index (χ3v) is 3.36. The monoisotopic (exact) mass is 202 g/mol. The fourth-order valence-electron chi connectivity index (χ4n) is 0.652. The third-order valence-electron chi connectivity index (χ3n) is 1.23. The van der Waals surface area contributed by atoms with Crippen LogP contribution in [0.5, 0.6) is 0 Å². The molecule has 0 aliphatic carbocycles. The Morgan fingerprint density at radius 1 is 1.75 bits per heavy atom. The van der Waals surface area contributed by atoms with Gasteiger partial charge < -0.3 is 10.9 Å². The molecule has 0 spiro atoms. The van der Waals surface area contributed by atoms with Gasteiger partial charge in [-0.15, -0.1) is 23.1 Å². The van der Waals surface area contributed by atoms with Crippen molar-refractivity contribution in [2.24, 2.45) is 10.9 Å². The molecule has 12 heavy (non-hydrogen) atoms. The first-order valence-corrected chi connectivity index (χ1v) is 5.32. The minimum atomic E-state index is 0.291. The highest BCUT2D eigenvalue weighted by Gasteiger charge is 1.96. The Morgan fingerprint density at radius 2 is 2.58 bits per heavy atom. The largest absolute Gasteiger partial charge is 0.409 e. The van der Waals surface area contributed by atoms with Crippen molar-refractivity contribution in [2.45, 2.75) is 10.6 Å². The van der Waals surface area contributed by atoms with Crippen LogP contribution in [0.15, 0.2) is 26.9 Å². The second kappa shape index (κ2) is 5.05. The van der Waals surface area contributed by atoms with Gasteiger partial charge >= 0.3 is 0 Å². The molecule has 0 amide bonds. The van der Waals surface area contributed by atoms with Crippen molar-refractivity contribution in [1.82, 2.24) is 0 Å². The van der Waals surface area contributed by atoms with Crippen molar-refractivity contribution in [2.75, 3.05) is 5.75 Å². The van der Waals surface area contributed by atoms with E-state index in [1.807, 2.05) is 11.4 Å². The molecule has 1 heterocycles. The summed E-state index contributed by atoms with van der Waals surface area (Å²) < 4.78 is 1.26. The van der Waals surface area contributed by atoms with Crippen LogP contribution in [0, 0.1) is 0 Å². The van der Waals surface area contributed by atoms with E-state index in [4.69, 9.17) is 10.9 Å². The molecule has 1 aromatic heterocycles. The SMILES string of the molecule is N/C(CCSc1cccs1)=N\O. The summed E-state index contributed by atoms with van der Waals surface area (Å²) in [4.78, 5) is 0. The number of oxime groups is 1. The maximum absolute atomic E-state index is 8.25. The van der Waals surface area contributed by atoms with Gasteiger partial charge in [-0.1, -0.05) is 11.2 Å². The zero-order chi connectivity index (χ0) is 8.81. The van der Waals surface area contributed by atoms with E-state index in [2.05, 4.69) is 11.2 Å². The van der Waals surface area contributed by atoms with Gasteiger partial charge in [0, 0.05) is 12.2 Å². The van der Waals surface area contributed by atoms with E-state index in [1.54, 1.807) is 23.1 Å². The molecule has 0 aliphatic heterocycles. The Balaban J connectivity index is 2.19. The van der Waals surface area contributed by atoms with E-state index in [0.717, 1.165) is 5.75 Å². The average Bonchev–Trinajstić information content (AvgIpc) is 2.57. The number of hydrogen-bond donors (Lipinski definition) is 2. The predicted octanol–water partition coefficient (Wildman–Crippen LogP) is 1.98. The normalized spacial score (nSPS) is 11.8. The summed E-state index contributed by atoms with van der Waals surface area (Å²) >= 11 is 3.42. The minimum absolute atomic E-state index is 0.291. The van der Waals surface area contributed by atoms with Gasteiger partial charge in [-0.05, 0) is 11.4 Å². The van der Waals surface area contributed by atoms with Gasteiger partial charge in [0.1, 0.15) is 5.84 Å². The lowest BCUT2D eigenvalue weighted by molar-refractivity contribution is 0.317. The maximum Gasteiger partial charge on any atom is 0.139 e. The molecule has 1 aromatic rings. The van der Waals surface area contributed by atoms with E-state index < -0.39 is 0 Å². The van der Waals surface area contributed by atoms with Gasteiger partial charge in [0.2, 0.25) is 0 Å². The van der Waals surface area contributed by atoms with Gasteiger partial charge in [0.05, 0.1) is 4.21 Å². The topological polar surface area (TPSA) is 58.6 Å². The lowest BCUT2D eigenvalue weighted by atomic mass is 10.5. The maximum atomic E-state index is 8.25. The molecule has 0 radical (unpaired) electrons. The van der Waals surface area contributed by atoms with Crippen LogP contribution in [-0.2, 0) is 0 Å². The van der Waals surface area contributed by atoms with Gasteiger partial charge in [-0.2, -0.15) is 0 Å². The lowest BCUT2D eigenvalue weighted by Crippen LogP contribution is -2.11. The van der Waals surface area contributed by atoms with E-state index in [9.17, 15) is 0 Å². The molecule has 0 bridgehead atoms. The smallest absolute Gasteiger partial charge is 0.139 e. The number of thiophene rings is 1. The van der Waals surface area contributed by atoms with Crippen molar-refractivity contribution in [3.8, 4) is 0 Å². The molecule has 0 atom stereocenters. The zero-order valence-corrected chi connectivity index (χ0v) is 8.07. The Morgan fingerprint density at radius 3 is 3.17 bits per heavy atom. The van der Waals surface area contributed by atoms with E-state index >= 15 is 0 Å². The lowest BCUT2D eigenvalue weighted by Gasteiger charge is -1.96. The second-order valence-electron chi connectivity index (χ2n) is 2.12. The molecule has 1 rings (SSSR count). The van der Waals surface area contributed by atoms with Crippen molar-refractivity contribution in [3.05, 3.63) is 17.5 Å². The van der Waals surface area contributed by atoms with Crippen LogP contribution in [-0.4, -0.2) is 16.8 Å². The molecule has 0 unspecified atom stereocenters. The third kappa shape index (κ3) is 3.15. The number of nitrogens with zero attached hydrogens (tertiary/aromatic N) is 1. The molecular formula is C7H10N2OS2. The van der Waals surface area contributed by atoms with E-state index in [0.29, 0.717) is 12.3 Å². The molecular weight excluding hydrogens is 192 g/mol. The number of hydrogen-bond acceptors (Lipinski definition) is 4. The Labute approximate surface area is 79.3 Å². The first-order chi connectivity index (χ1) is 5.83. The van der Waals surface area contributed by atoms with Crippen LogP contribution in [0.1, 0.15) is 6.42 Å². The van der Waals surface area contributed by atoms with Crippen LogP contribution >= 0.6 is 23.1 Å². The summed E-state index contributed by atoms with van der Waals surface area (Å²) in [7, 11) is 0. The van der Waals surface area contributed by atoms with Gasteiger partial charge in [-0.25, -0.2) is 0 Å². The quantitative estimate of drug-likeness (QED) is 0.258. The average molecular weight is 202 g/mol. The molecule has 5 heteroatoms. The fourth-order valence-corrected chi connectivity index (χ4v) is 2.48. The molecule has 0 aromatic carbocycles. The van der Waals surface area contributed by atoms with Crippen LogP contribution in [0.3, 0.4) is 0 Å². The fraction of sp³-hybridized carbons (Fsp3) is 0.286. The number of amidine groups is 1. The van der Waals surface area contributed by atoms with Crippen molar-refractivity contribution >= 4 is 28.9 Å². The van der Waals surface area contributed by atoms with Gasteiger partial charge in [-0.3, -0.25) is 0 Å². The summed E-state index contributed by atoms with van der Waals surface area (Å²) in [6.07, 6.45) is 0.624. The van der Waals surface area contributed by atoms with Crippen LogP contribution in [0.25, 0.3) is 0 Å². The van der Waals surface area contributed by atoms with Crippen LogP contribution in [0.2, 0.25) is 0 Å². The van der Waals surface area contributed by atoms with Crippen molar-refractivity contribution in [1.29, 1.82) is 0 Å². The Hall–Kier alpha value is -0.680. The molecule has 0 saturated heterocycles. The van der Waals surface area contributed by atoms with E-state index in [-0.39, 0.29) is 0 Å². The molecule has 0 fully saturated rings. The van der Waals surface area contributed by atoms with Crippen LogP contribution < -0.4 is 5.73 Å². The summed E-state index contributed by atoms with van der Waals surface area (Å²) in [6.45, 7) is 0. The molecule has 3 nitrogen and oxygen atoms in total. The van der Waals surface area contributed by atoms with Crippen molar-refractivity contribution < 1.29 is 5.21 Å². The highest BCUT2D eigenvalue weighted by molar-refractivity contribution is 8.01. The predicted molar refractivity (Wildman–Crippen MR) is 53.1 cm³/mol. The molecule has 0 aliphatic rings.